The smallest absolute Gasteiger partial charge is 0.250 e. The number of hydrogen-bond donors (Lipinski definition) is 3. The van der Waals surface area contributed by atoms with E-state index >= 15 is 0 Å². The molecule has 8 heteroatoms. The molecule has 7 nitrogen and oxygen atoms in total. The van der Waals surface area contributed by atoms with Gasteiger partial charge in [0.1, 0.15) is 0 Å². The molecule has 2 amide bonds. The molecule has 0 fully saturated rings. The molecule has 0 unspecified atom stereocenters. The second-order valence-corrected chi connectivity index (χ2v) is 5.36. The van der Waals surface area contributed by atoms with Crippen LogP contribution in [0.5, 0.6) is 0 Å². The average molecular weight is 331 g/mol. The van der Waals surface area contributed by atoms with Crippen LogP contribution < -0.4 is 21.9 Å². The van der Waals surface area contributed by atoms with E-state index in [0.717, 1.165) is 0 Å². The highest BCUT2D eigenvalue weighted by molar-refractivity contribution is 5.95. The van der Waals surface area contributed by atoms with Gasteiger partial charge in [-0.25, -0.2) is 0 Å². The summed E-state index contributed by atoms with van der Waals surface area (Å²) in [7, 11) is 1.60. The fraction of sp³-hybridized carbons (Fsp3) is 0.500. The minimum atomic E-state index is -0.642. The molecule has 22 heavy (non-hydrogen) atoms. The summed E-state index contributed by atoms with van der Waals surface area (Å²) in [6.07, 6.45) is 1.54. The lowest BCUT2D eigenvalue weighted by atomic mass is 10.1. The molecular formula is C14H23ClN4O3. The van der Waals surface area contributed by atoms with Crippen LogP contribution >= 0.6 is 12.4 Å². The van der Waals surface area contributed by atoms with Crippen molar-refractivity contribution in [3.05, 3.63) is 28.2 Å². The van der Waals surface area contributed by atoms with Gasteiger partial charge in [0.15, 0.2) is 0 Å². The van der Waals surface area contributed by atoms with Gasteiger partial charge in [0.05, 0.1) is 18.3 Å². The Bertz CT molecular complexity index is 598. The Morgan fingerprint density at radius 3 is 2.50 bits per heavy atom. The average Bonchev–Trinajstić information content (AvgIpc) is 2.41. The van der Waals surface area contributed by atoms with Crippen LogP contribution in [0.3, 0.4) is 0 Å². The highest BCUT2D eigenvalue weighted by atomic mass is 35.5. The van der Waals surface area contributed by atoms with Crippen molar-refractivity contribution in [1.29, 1.82) is 0 Å². The first-order valence-electron chi connectivity index (χ1n) is 6.72. The molecule has 0 aliphatic heterocycles. The van der Waals surface area contributed by atoms with Gasteiger partial charge in [-0.05, 0) is 18.4 Å². The summed E-state index contributed by atoms with van der Waals surface area (Å²) in [5, 5.41) is 5.13. The second kappa shape index (κ2) is 8.55. The van der Waals surface area contributed by atoms with Crippen molar-refractivity contribution in [1.82, 2.24) is 9.88 Å². The van der Waals surface area contributed by atoms with Crippen molar-refractivity contribution in [2.75, 3.05) is 11.9 Å². The number of nitrogens with one attached hydrogen (secondary N) is 2. The predicted molar refractivity (Wildman–Crippen MR) is 88.1 cm³/mol. The van der Waals surface area contributed by atoms with Crippen molar-refractivity contribution in [2.45, 2.75) is 26.8 Å². The lowest BCUT2D eigenvalue weighted by Crippen LogP contribution is -2.46. The van der Waals surface area contributed by atoms with Gasteiger partial charge in [-0.2, -0.15) is 0 Å². The van der Waals surface area contributed by atoms with Gasteiger partial charge >= 0.3 is 0 Å². The van der Waals surface area contributed by atoms with Gasteiger partial charge in [0.25, 0.3) is 5.56 Å². The number of aryl methyl sites for hydroxylation is 2. The largest absolute Gasteiger partial charge is 0.346 e. The zero-order valence-corrected chi connectivity index (χ0v) is 14.0. The van der Waals surface area contributed by atoms with Gasteiger partial charge in [-0.15, -0.1) is 12.4 Å². The van der Waals surface area contributed by atoms with Crippen LogP contribution in [0.15, 0.2) is 17.1 Å². The SMILES string of the molecule is Cc1cc(=O)n(C)cc1NC(=O)CNC(=O)[C@@H](N)C(C)C.Cl. The Morgan fingerprint density at radius 1 is 1.36 bits per heavy atom. The van der Waals surface area contributed by atoms with Crippen LogP contribution in [-0.2, 0) is 16.6 Å². The van der Waals surface area contributed by atoms with E-state index in [1.807, 2.05) is 13.8 Å². The minimum Gasteiger partial charge on any atom is -0.346 e. The van der Waals surface area contributed by atoms with Gasteiger partial charge < -0.3 is 20.9 Å². The minimum absolute atomic E-state index is 0. The van der Waals surface area contributed by atoms with Gasteiger partial charge in [0.2, 0.25) is 11.8 Å². The summed E-state index contributed by atoms with van der Waals surface area (Å²) in [6, 6.07) is 0.792. The van der Waals surface area contributed by atoms with Crippen LogP contribution in [0.4, 0.5) is 5.69 Å². The third-order valence-corrected chi connectivity index (χ3v) is 3.15. The van der Waals surface area contributed by atoms with E-state index in [1.54, 1.807) is 14.0 Å². The van der Waals surface area contributed by atoms with Crippen LogP contribution in [0.1, 0.15) is 19.4 Å². The van der Waals surface area contributed by atoms with Crippen molar-refractivity contribution < 1.29 is 9.59 Å². The molecule has 0 saturated carbocycles. The lowest BCUT2D eigenvalue weighted by molar-refractivity contribution is -0.125. The number of amides is 2. The highest BCUT2D eigenvalue weighted by Crippen LogP contribution is 2.10. The normalized spacial score (nSPS) is 11.5. The standard InChI is InChI=1S/C14H22N4O3.ClH/c1-8(2)13(15)14(21)16-6-11(19)17-10-7-18(4)12(20)5-9(10)3;/h5,7-8,13H,6,15H2,1-4H3,(H,16,21)(H,17,19);1H/t13-;/m0./s1. The van der Waals surface area contributed by atoms with Gasteiger partial charge in [-0.3, -0.25) is 14.4 Å². The molecule has 1 aromatic heterocycles. The predicted octanol–water partition coefficient (Wildman–Crippen LogP) is 0.154. The third kappa shape index (κ3) is 5.50. The number of carbonyl (C=O) groups is 2. The molecule has 1 atom stereocenters. The van der Waals surface area contributed by atoms with E-state index in [1.165, 1.54) is 16.8 Å². The molecular weight excluding hydrogens is 308 g/mol. The van der Waals surface area contributed by atoms with E-state index < -0.39 is 6.04 Å². The van der Waals surface area contributed by atoms with Crippen LogP contribution in [-0.4, -0.2) is 29.0 Å². The van der Waals surface area contributed by atoms with Crippen molar-refractivity contribution in [3.8, 4) is 0 Å². The first-order chi connectivity index (χ1) is 9.72. The van der Waals surface area contributed by atoms with Crippen molar-refractivity contribution in [3.63, 3.8) is 0 Å². The Kier molecular flexibility index (Phi) is 7.83. The summed E-state index contributed by atoms with van der Waals surface area (Å²) in [5.74, 6) is -0.739. The molecule has 4 N–H and O–H groups in total. The molecule has 0 radical (unpaired) electrons. The molecule has 0 aliphatic carbocycles. The Morgan fingerprint density at radius 2 is 1.95 bits per heavy atom. The number of pyridine rings is 1. The third-order valence-electron chi connectivity index (χ3n) is 3.15. The fourth-order valence-corrected chi connectivity index (χ4v) is 1.64. The molecule has 0 aromatic carbocycles. The summed E-state index contributed by atoms with van der Waals surface area (Å²) in [5.41, 5.74) is 6.72. The quantitative estimate of drug-likeness (QED) is 0.714. The van der Waals surface area contributed by atoms with Crippen molar-refractivity contribution >= 4 is 29.9 Å². The maximum absolute atomic E-state index is 11.8. The van der Waals surface area contributed by atoms with Gasteiger partial charge in [0, 0.05) is 19.3 Å². The van der Waals surface area contributed by atoms with E-state index in [9.17, 15) is 14.4 Å². The number of aromatic nitrogens is 1. The summed E-state index contributed by atoms with van der Waals surface area (Å²) in [6.45, 7) is 5.22. The Balaban J connectivity index is 0.00000441. The molecule has 1 aromatic rings. The molecule has 0 spiro atoms. The molecule has 1 rings (SSSR count). The number of halogens is 1. The summed E-state index contributed by atoms with van der Waals surface area (Å²) >= 11 is 0. The van der Waals surface area contributed by atoms with Crippen molar-refractivity contribution in [2.24, 2.45) is 18.7 Å². The molecule has 1 heterocycles. The Labute approximate surface area is 135 Å². The number of nitrogens with zero attached hydrogens (tertiary/aromatic N) is 1. The fourth-order valence-electron chi connectivity index (χ4n) is 1.64. The number of anilines is 1. The molecule has 124 valence electrons. The van der Waals surface area contributed by atoms with E-state index in [4.69, 9.17) is 5.73 Å². The second-order valence-electron chi connectivity index (χ2n) is 5.36. The molecule has 0 aliphatic rings. The lowest BCUT2D eigenvalue weighted by Gasteiger charge is -2.15. The van der Waals surface area contributed by atoms with E-state index in [2.05, 4.69) is 10.6 Å². The maximum atomic E-state index is 11.8. The number of rotatable bonds is 5. The number of carbonyl (C=O) groups excluding carboxylic acids is 2. The summed E-state index contributed by atoms with van der Waals surface area (Å²) < 4.78 is 1.37. The molecule has 0 bridgehead atoms. The molecule has 0 saturated heterocycles. The monoisotopic (exact) mass is 330 g/mol. The Hall–Kier alpha value is -1.86. The summed E-state index contributed by atoms with van der Waals surface area (Å²) in [4.78, 5) is 34.9. The first kappa shape index (κ1) is 20.1. The zero-order valence-electron chi connectivity index (χ0n) is 13.2. The van der Waals surface area contributed by atoms with E-state index in [-0.39, 0.29) is 42.2 Å². The first-order valence-corrected chi connectivity index (χ1v) is 6.72. The highest BCUT2D eigenvalue weighted by Gasteiger charge is 2.17. The topological polar surface area (TPSA) is 106 Å². The number of nitrogens with two attached hydrogens (primary N) is 1. The van der Waals surface area contributed by atoms with Crippen LogP contribution in [0.2, 0.25) is 0 Å². The number of hydrogen-bond acceptors (Lipinski definition) is 4. The maximum Gasteiger partial charge on any atom is 0.250 e. The van der Waals surface area contributed by atoms with E-state index in [0.29, 0.717) is 11.3 Å². The van der Waals surface area contributed by atoms with Crippen LogP contribution in [0, 0.1) is 12.8 Å². The zero-order chi connectivity index (χ0) is 16.2. The van der Waals surface area contributed by atoms with Crippen LogP contribution in [0.25, 0.3) is 0 Å². The van der Waals surface area contributed by atoms with Gasteiger partial charge in [-0.1, -0.05) is 13.8 Å².